The van der Waals surface area contributed by atoms with E-state index in [1.165, 1.54) is 0 Å². The molecule has 2 unspecified atom stereocenters. The lowest BCUT2D eigenvalue weighted by molar-refractivity contribution is -0.137. The predicted octanol–water partition coefficient (Wildman–Crippen LogP) is 2.44. The molecule has 0 radical (unpaired) electrons. The number of carbonyl (C=O) groups excluding carboxylic acids is 3. The van der Waals surface area contributed by atoms with Gasteiger partial charge in [-0.2, -0.15) is 0 Å². The average Bonchev–Trinajstić information content (AvgIpc) is 2.93. The SMILES string of the molecule is CC[C@H](C)[C@@H](C(=O)NC1C(=O)N[C@H](Cc2ccccc2)C(=O)NC[C@H](O)c2ccc(cc2)OC1C(C)C)N(C)C. The van der Waals surface area contributed by atoms with Crippen LogP contribution in [0, 0.1) is 11.8 Å². The molecule has 0 fully saturated rings. The summed E-state index contributed by atoms with van der Waals surface area (Å²) in [5.74, 6) is -0.837. The zero-order valence-electron chi connectivity index (χ0n) is 24.4. The van der Waals surface area contributed by atoms with E-state index in [1.807, 2.05) is 77.0 Å². The van der Waals surface area contributed by atoms with Crippen molar-refractivity contribution in [2.24, 2.45) is 11.8 Å². The molecule has 0 aromatic heterocycles. The molecule has 3 amide bonds. The highest BCUT2D eigenvalue weighted by Crippen LogP contribution is 2.23. The third-order valence-electron chi connectivity index (χ3n) is 7.50. The van der Waals surface area contributed by atoms with Gasteiger partial charge in [0.25, 0.3) is 0 Å². The number of likely N-dealkylation sites (N-methyl/N-ethyl adjacent to an activating group) is 1. The minimum absolute atomic E-state index is 0.0194. The van der Waals surface area contributed by atoms with Crippen LogP contribution in [0.3, 0.4) is 0 Å². The van der Waals surface area contributed by atoms with E-state index in [4.69, 9.17) is 4.74 Å². The lowest BCUT2D eigenvalue weighted by atomic mass is 9.94. The van der Waals surface area contributed by atoms with Gasteiger partial charge in [0.05, 0.1) is 12.1 Å². The first-order valence-corrected chi connectivity index (χ1v) is 14.0. The summed E-state index contributed by atoms with van der Waals surface area (Å²) < 4.78 is 6.33. The Labute approximate surface area is 237 Å². The summed E-state index contributed by atoms with van der Waals surface area (Å²) in [5.41, 5.74) is 1.49. The highest BCUT2D eigenvalue weighted by molar-refractivity contribution is 5.93. The second kappa shape index (κ2) is 14.3. The average molecular weight is 553 g/mol. The topological polar surface area (TPSA) is 120 Å². The summed E-state index contributed by atoms with van der Waals surface area (Å²) in [5, 5.41) is 19.3. The van der Waals surface area contributed by atoms with Gasteiger partial charge in [0.1, 0.15) is 23.9 Å². The fourth-order valence-electron chi connectivity index (χ4n) is 5.03. The van der Waals surface area contributed by atoms with Gasteiger partial charge in [0.15, 0.2) is 0 Å². The van der Waals surface area contributed by atoms with E-state index < -0.39 is 42.1 Å². The van der Waals surface area contributed by atoms with Gasteiger partial charge in [-0.05, 0) is 49.2 Å². The van der Waals surface area contributed by atoms with Crippen molar-refractivity contribution >= 4 is 17.7 Å². The molecule has 2 aliphatic rings. The zero-order valence-corrected chi connectivity index (χ0v) is 24.4. The number of aliphatic hydroxyl groups is 1. The summed E-state index contributed by atoms with van der Waals surface area (Å²) in [4.78, 5) is 42.8. The number of aliphatic hydroxyl groups excluding tert-OH is 1. The van der Waals surface area contributed by atoms with Crippen molar-refractivity contribution in [3.63, 3.8) is 0 Å². The van der Waals surface area contributed by atoms with Crippen molar-refractivity contribution in [3.05, 3.63) is 65.7 Å². The molecular formula is C31H44N4O5. The Hall–Kier alpha value is -3.43. The van der Waals surface area contributed by atoms with Crippen molar-refractivity contribution < 1.29 is 24.2 Å². The third kappa shape index (κ3) is 8.05. The number of hydrogen-bond donors (Lipinski definition) is 4. The quantitative estimate of drug-likeness (QED) is 0.399. The number of ether oxygens (including phenoxy) is 1. The molecule has 4 N–H and O–H groups in total. The number of amides is 3. The van der Waals surface area contributed by atoms with E-state index >= 15 is 0 Å². The molecule has 0 spiro atoms. The molecule has 0 saturated heterocycles. The molecular weight excluding hydrogens is 508 g/mol. The largest absolute Gasteiger partial charge is 0.487 e. The van der Waals surface area contributed by atoms with Crippen LogP contribution in [0.5, 0.6) is 5.75 Å². The Bertz CT molecular complexity index is 1120. The van der Waals surface area contributed by atoms with Crippen LogP contribution < -0.4 is 20.7 Å². The van der Waals surface area contributed by atoms with E-state index in [9.17, 15) is 19.5 Å². The monoisotopic (exact) mass is 552 g/mol. The molecule has 40 heavy (non-hydrogen) atoms. The van der Waals surface area contributed by atoms with E-state index in [0.29, 0.717) is 11.3 Å². The molecule has 2 aromatic carbocycles. The van der Waals surface area contributed by atoms with Crippen LogP contribution in [0.15, 0.2) is 54.6 Å². The van der Waals surface area contributed by atoms with Gasteiger partial charge >= 0.3 is 0 Å². The van der Waals surface area contributed by atoms with Crippen LogP contribution in [-0.2, 0) is 20.8 Å². The predicted molar refractivity (Wildman–Crippen MR) is 155 cm³/mol. The fourth-order valence-corrected chi connectivity index (χ4v) is 5.03. The number of carbonyl (C=O) groups is 3. The zero-order chi connectivity index (χ0) is 29.4. The molecule has 9 heteroatoms. The Morgan fingerprint density at radius 3 is 2.27 bits per heavy atom. The molecule has 2 aliphatic heterocycles. The summed E-state index contributed by atoms with van der Waals surface area (Å²) in [6.45, 7) is 7.85. The molecule has 0 saturated carbocycles. The Morgan fingerprint density at radius 2 is 1.70 bits per heavy atom. The Morgan fingerprint density at radius 1 is 1.05 bits per heavy atom. The highest BCUT2D eigenvalue weighted by atomic mass is 16.5. The molecule has 0 aliphatic carbocycles. The fraction of sp³-hybridized carbons (Fsp3) is 0.516. The maximum Gasteiger partial charge on any atom is 0.247 e. The first-order valence-electron chi connectivity index (χ1n) is 14.0. The summed E-state index contributed by atoms with van der Waals surface area (Å²) in [6, 6.07) is 13.8. The molecule has 2 aromatic rings. The van der Waals surface area contributed by atoms with Gasteiger partial charge in [-0.3, -0.25) is 19.3 Å². The lowest BCUT2D eigenvalue weighted by Crippen LogP contribution is -2.62. The number of nitrogens with one attached hydrogen (secondary N) is 3. The van der Waals surface area contributed by atoms with Crippen molar-refractivity contribution in [1.29, 1.82) is 0 Å². The first-order chi connectivity index (χ1) is 19.0. The summed E-state index contributed by atoms with van der Waals surface area (Å²) in [7, 11) is 3.69. The van der Waals surface area contributed by atoms with Gasteiger partial charge in [0, 0.05) is 13.0 Å². The second-order valence-electron chi connectivity index (χ2n) is 11.2. The number of rotatable bonds is 8. The Kier molecular flexibility index (Phi) is 11.1. The van der Waals surface area contributed by atoms with Crippen molar-refractivity contribution in [2.45, 2.75) is 70.9 Å². The van der Waals surface area contributed by atoms with Crippen LogP contribution in [-0.4, -0.2) is 72.6 Å². The van der Waals surface area contributed by atoms with Crippen molar-refractivity contribution in [2.75, 3.05) is 20.6 Å². The molecule has 6 atom stereocenters. The maximum atomic E-state index is 14.0. The standard InChI is InChI=1S/C31H44N4O5/c1-7-20(4)27(35(5)6)31(39)34-26-28(19(2)3)40-23-15-13-22(14-16-23)25(36)18-32-29(37)24(33-30(26)38)17-21-11-9-8-10-12-21/h8-16,19-20,24-28,36H,7,17-18H2,1-6H3,(H,32,37)(H,33,38)(H,34,39)/t20-,24+,25-,26?,27-,28?/m0/s1. The molecule has 218 valence electrons. The smallest absolute Gasteiger partial charge is 0.247 e. The first kappa shape index (κ1) is 31.1. The van der Waals surface area contributed by atoms with Crippen LogP contribution in [0.25, 0.3) is 0 Å². The minimum atomic E-state index is -1.07. The summed E-state index contributed by atoms with van der Waals surface area (Å²) in [6.07, 6.45) is -0.633. The molecule has 4 rings (SSSR count). The lowest BCUT2D eigenvalue weighted by Gasteiger charge is -2.35. The molecule has 9 nitrogen and oxygen atoms in total. The van der Waals surface area contributed by atoms with Crippen LogP contribution >= 0.6 is 0 Å². The highest BCUT2D eigenvalue weighted by Gasteiger charge is 2.38. The van der Waals surface area contributed by atoms with Gasteiger partial charge in [-0.1, -0.05) is 76.6 Å². The minimum Gasteiger partial charge on any atom is -0.487 e. The van der Waals surface area contributed by atoms with Crippen LogP contribution in [0.2, 0.25) is 0 Å². The molecule has 2 heterocycles. The van der Waals surface area contributed by atoms with Crippen LogP contribution in [0.1, 0.15) is 51.3 Å². The van der Waals surface area contributed by atoms with E-state index in [0.717, 1.165) is 12.0 Å². The van der Waals surface area contributed by atoms with Gasteiger partial charge < -0.3 is 25.8 Å². The van der Waals surface area contributed by atoms with Crippen molar-refractivity contribution in [1.82, 2.24) is 20.9 Å². The molecule has 2 bridgehead atoms. The van der Waals surface area contributed by atoms with Gasteiger partial charge in [0.2, 0.25) is 17.7 Å². The number of nitrogens with zero attached hydrogens (tertiary/aromatic N) is 1. The number of benzene rings is 2. The van der Waals surface area contributed by atoms with Crippen LogP contribution in [0.4, 0.5) is 0 Å². The van der Waals surface area contributed by atoms with Gasteiger partial charge in [-0.15, -0.1) is 0 Å². The number of fused-ring (bicyclic) bond motifs is 11. The normalized spacial score (nSPS) is 23.5. The van der Waals surface area contributed by atoms with Crippen molar-refractivity contribution in [3.8, 4) is 5.75 Å². The van der Waals surface area contributed by atoms with E-state index in [2.05, 4.69) is 16.0 Å². The third-order valence-corrected chi connectivity index (χ3v) is 7.50. The maximum absolute atomic E-state index is 14.0. The van der Waals surface area contributed by atoms with Gasteiger partial charge in [-0.25, -0.2) is 0 Å². The number of hydrogen-bond acceptors (Lipinski definition) is 6. The summed E-state index contributed by atoms with van der Waals surface area (Å²) >= 11 is 0. The Balaban J connectivity index is 2.03. The second-order valence-corrected chi connectivity index (χ2v) is 11.2. The van der Waals surface area contributed by atoms with E-state index in [-0.39, 0.29) is 30.7 Å². The van der Waals surface area contributed by atoms with E-state index in [1.54, 1.807) is 24.3 Å².